The zero-order valence-electron chi connectivity index (χ0n) is 17.0. The topological polar surface area (TPSA) is 64.6 Å². The van der Waals surface area contributed by atoms with Crippen LogP contribution in [0.5, 0.6) is 5.75 Å². The molecule has 4 aliphatic rings. The highest BCUT2D eigenvalue weighted by atomic mass is 32.2. The Kier molecular flexibility index (Phi) is 6.00. The SMILES string of the molecule is C[C@@H]1Oc2ccccc2C2CCC(CC2)OC[C@@H]2C1CCC[C@@H]2NS(C)(=O)=O. The van der Waals surface area contributed by atoms with Gasteiger partial charge in [-0.2, -0.15) is 0 Å². The number of hydrogen-bond acceptors (Lipinski definition) is 4. The Morgan fingerprint density at radius 1 is 1.00 bits per heavy atom. The molecule has 2 bridgehead atoms. The van der Waals surface area contributed by atoms with Gasteiger partial charge in [-0.1, -0.05) is 24.6 Å². The zero-order valence-corrected chi connectivity index (χ0v) is 17.8. The lowest BCUT2D eigenvalue weighted by Crippen LogP contribution is -2.50. The van der Waals surface area contributed by atoms with Crippen LogP contribution >= 0.6 is 0 Å². The summed E-state index contributed by atoms with van der Waals surface area (Å²) in [5.74, 6) is 1.98. The Hall–Kier alpha value is -1.11. The molecule has 2 aliphatic heterocycles. The van der Waals surface area contributed by atoms with Gasteiger partial charge in [-0.05, 0) is 63.0 Å². The molecule has 2 fully saturated rings. The van der Waals surface area contributed by atoms with Gasteiger partial charge in [-0.15, -0.1) is 0 Å². The van der Waals surface area contributed by atoms with Crippen molar-refractivity contribution in [2.45, 2.75) is 76.0 Å². The van der Waals surface area contributed by atoms with Crippen LogP contribution in [0.3, 0.4) is 0 Å². The first-order valence-electron chi connectivity index (χ1n) is 10.7. The third-order valence-corrected chi connectivity index (χ3v) is 7.69. The molecule has 1 aromatic rings. The highest BCUT2D eigenvalue weighted by Crippen LogP contribution is 2.42. The van der Waals surface area contributed by atoms with Crippen LogP contribution in [0.4, 0.5) is 0 Å². The molecule has 0 amide bonds. The molecule has 1 aromatic carbocycles. The third-order valence-electron chi connectivity index (χ3n) is 6.96. The smallest absolute Gasteiger partial charge is 0.208 e. The maximum Gasteiger partial charge on any atom is 0.208 e. The molecule has 1 unspecified atom stereocenters. The van der Waals surface area contributed by atoms with Crippen molar-refractivity contribution < 1.29 is 17.9 Å². The monoisotopic (exact) mass is 407 g/mol. The van der Waals surface area contributed by atoms with Crippen molar-refractivity contribution in [2.75, 3.05) is 12.9 Å². The van der Waals surface area contributed by atoms with Crippen LogP contribution in [0.1, 0.15) is 63.4 Å². The molecule has 0 radical (unpaired) electrons. The molecule has 28 heavy (non-hydrogen) atoms. The summed E-state index contributed by atoms with van der Waals surface area (Å²) < 4.78 is 39.7. The molecule has 0 spiro atoms. The second-order valence-electron chi connectivity index (χ2n) is 8.92. The Morgan fingerprint density at radius 3 is 2.50 bits per heavy atom. The van der Waals surface area contributed by atoms with Gasteiger partial charge >= 0.3 is 0 Å². The number of hydrogen-bond donors (Lipinski definition) is 1. The summed E-state index contributed by atoms with van der Waals surface area (Å²) in [4.78, 5) is 0. The van der Waals surface area contributed by atoms with Gasteiger partial charge in [0.2, 0.25) is 10.0 Å². The van der Waals surface area contributed by atoms with Crippen molar-refractivity contribution in [3.8, 4) is 5.75 Å². The minimum atomic E-state index is -3.25. The number of para-hydroxylation sites is 1. The number of sulfonamides is 1. The number of ether oxygens (including phenoxy) is 2. The predicted octanol–water partition coefficient (Wildman–Crippen LogP) is 3.84. The van der Waals surface area contributed by atoms with E-state index in [0.29, 0.717) is 18.6 Å². The zero-order chi connectivity index (χ0) is 19.7. The van der Waals surface area contributed by atoms with Crippen LogP contribution in [0.2, 0.25) is 0 Å². The molecule has 156 valence electrons. The maximum atomic E-state index is 11.9. The minimum Gasteiger partial charge on any atom is -0.490 e. The summed E-state index contributed by atoms with van der Waals surface area (Å²) in [5.41, 5.74) is 1.33. The summed E-state index contributed by atoms with van der Waals surface area (Å²) in [6.45, 7) is 2.75. The van der Waals surface area contributed by atoms with Crippen LogP contribution in [0.15, 0.2) is 24.3 Å². The number of benzene rings is 1. The molecule has 2 aliphatic carbocycles. The molecule has 2 saturated carbocycles. The Balaban J connectivity index is 1.65. The predicted molar refractivity (Wildman–Crippen MR) is 110 cm³/mol. The average Bonchev–Trinajstić information content (AvgIpc) is 2.65. The van der Waals surface area contributed by atoms with Crippen molar-refractivity contribution in [3.05, 3.63) is 29.8 Å². The second-order valence-corrected chi connectivity index (χ2v) is 10.7. The normalized spacial score (nSPS) is 36.4. The fourth-order valence-corrected chi connectivity index (χ4v) is 6.39. The van der Waals surface area contributed by atoms with E-state index in [1.807, 2.05) is 0 Å². The van der Waals surface area contributed by atoms with Crippen LogP contribution in [0, 0.1) is 11.8 Å². The first-order chi connectivity index (χ1) is 13.4. The van der Waals surface area contributed by atoms with E-state index in [0.717, 1.165) is 50.7 Å². The molecular weight excluding hydrogens is 374 g/mol. The number of rotatable bonds is 2. The van der Waals surface area contributed by atoms with E-state index in [1.165, 1.54) is 11.8 Å². The number of nitrogens with one attached hydrogen (secondary N) is 1. The summed E-state index contributed by atoms with van der Waals surface area (Å²) in [7, 11) is -3.25. The summed E-state index contributed by atoms with van der Waals surface area (Å²) in [5, 5.41) is 0. The van der Waals surface area contributed by atoms with E-state index in [9.17, 15) is 8.42 Å². The van der Waals surface area contributed by atoms with Gasteiger partial charge in [0, 0.05) is 17.9 Å². The van der Waals surface area contributed by atoms with Crippen molar-refractivity contribution >= 4 is 10.0 Å². The van der Waals surface area contributed by atoms with E-state index in [2.05, 4.69) is 35.9 Å². The fraction of sp³-hybridized carbons (Fsp3) is 0.727. The summed E-state index contributed by atoms with van der Waals surface area (Å²) in [6.07, 6.45) is 8.88. The molecule has 0 saturated heterocycles. The number of fused-ring (bicyclic) bond motifs is 4. The Labute approximate surface area is 169 Å². The van der Waals surface area contributed by atoms with Gasteiger partial charge in [0.05, 0.1) is 25.1 Å². The highest BCUT2D eigenvalue weighted by molar-refractivity contribution is 7.88. The average molecular weight is 408 g/mol. The van der Waals surface area contributed by atoms with Crippen molar-refractivity contribution in [1.29, 1.82) is 0 Å². The highest BCUT2D eigenvalue weighted by Gasteiger charge is 2.40. The molecule has 2 heterocycles. The van der Waals surface area contributed by atoms with Gasteiger partial charge in [0.25, 0.3) is 0 Å². The molecule has 6 heteroatoms. The van der Waals surface area contributed by atoms with Gasteiger partial charge in [0.1, 0.15) is 5.75 Å². The molecule has 1 N–H and O–H groups in total. The van der Waals surface area contributed by atoms with E-state index < -0.39 is 10.0 Å². The van der Waals surface area contributed by atoms with Gasteiger partial charge in [-0.25, -0.2) is 13.1 Å². The lowest BCUT2D eigenvalue weighted by atomic mass is 9.73. The molecule has 0 aromatic heterocycles. The largest absolute Gasteiger partial charge is 0.490 e. The van der Waals surface area contributed by atoms with E-state index in [1.54, 1.807) is 0 Å². The first-order valence-corrected chi connectivity index (χ1v) is 12.6. The maximum absolute atomic E-state index is 11.9. The van der Waals surface area contributed by atoms with Gasteiger partial charge in [-0.3, -0.25) is 0 Å². The van der Waals surface area contributed by atoms with Crippen LogP contribution in [0.25, 0.3) is 0 Å². The van der Waals surface area contributed by atoms with Crippen LogP contribution < -0.4 is 9.46 Å². The third kappa shape index (κ3) is 4.55. The van der Waals surface area contributed by atoms with E-state index in [-0.39, 0.29) is 24.0 Å². The quantitative estimate of drug-likeness (QED) is 0.809. The Morgan fingerprint density at radius 2 is 1.75 bits per heavy atom. The van der Waals surface area contributed by atoms with Crippen LogP contribution in [-0.2, 0) is 14.8 Å². The standard InChI is InChI=1S/C22H33NO4S/c1-15-18-7-5-8-21(23-28(2,24)25)20(18)14-26-17-12-10-16(11-13-17)19-6-3-4-9-22(19)27-15/h3-4,6,9,15-18,20-21,23H,5,7-8,10-14H2,1-2H3/t15-,16?,17?,18?,20+,21-/m0/s1. The lowest BCUT2D eigenvalue weighted by molar-refractivity contribution is -0.0422. The van der Waals surface area contributed by atoms with E-state index in [4.69, 9.17) is 9.47 Å². The molecule has 4 atom stereocenters. The molecule has 5 rings (SSSR count). The minimum absolute atomic E-state index is 0.0249. The van der Waals surface area contributed by atoms with Gasteiger partial charge < -0.3 is 9.47 Å². The van der Waals surface area contributed by atoms with Crippen LogP contribution in [-0.4, -0.2) is 39.5 Å². The van der Waals surface area contributed by atoms with E-state index >= 15 is 0 Å². The lowest BCUT2D eigenvalue weighted by Gasteiger charge is -2.42. The Bertz CT molecular complexity index is 772. The van der Waals surface area contributed by atoms with Crippen molar-refractivity contribution in [3.63, 3.8) is 0 Å². The molecular formula is C22H33NO4S. The second kappa shape index (κ2) is 8.33. The van der Waals surface area contributed by atoms with Gasteiger partial charge in [0.15, 0.2) is 0 Å². The molecule has 5 nitrogen and oxygen atoms in total. The summed E-state index contributed by atoms with van der Waals surface area (Å²) in [6, 6.07) is 8.40. The fourth-order valence-electron chi connectivity index (χ4n) is 5.54. The van der Waals surface area contributed by atoms with Crippen molar-refractivity contribution in [1.82, 2.24) is 4.72 Å². The summed E-state index contributed by atoms with van der Waals surface area (Å²) >= 11 is 0. The first kappa shape index (κ1) is 20.2. The van der Waals surface area contributed by atoms with Crippen molar-refractivity contribution in [2.24, 2.45) is 11.8 Å².